The van der Waals surface area contributed by atoms with Crippen LogP contribution in [-0.2, 0) is 14.8 Å². The Kier molecular flexibility index (Phi) is 6.12. The summed E-state index contributed by atoms with van der Waals surface area (Å²) in [6, 6.07) is 11.9. The molecule has 1 aliphatic carbocycles. The molecule has 0 radical (unpaired) electrons. The summed E-state index contributed by atoms with van der Waals surface area (Å²) in [4.78, 5) is 11.0. The van der Waals surface area contributed by atoms with E-state index in [1.54, 1.807) is 0 Å². The minimum Gasteiger partial charge on any atom is -0.494 e. The first-order valence-electron chi connectivity index (χ1n) is 10.3. The van der Waals surface area contributed by atoms with Gasteiger partial charge >= 0.3 is 0 Å². The van der Waals surface area contributed by atoms with Crippen molar-refractivity contribution in [2.75, 3.05) is 38.2 Å². The zero-order chi connectivity index (χ0) is 22.0. The van der Waals surface area contributed by atoms with E-state index in [2.05, 4.69) is 5.32 Å². The first-order chi connectivity index (χ1) is 14.9. The second kappa shape index (κ2) is 8.81. The van der Waals surface area contributed by atoms with Gasteiger partial charge in [-0.05, 0) is 43.2 Å². The van der Waals surface area contributed by atoms with Crippen molar-refractivity contribution in [2.24, 2.45) is 0 Å². The van der Waals surface area contributed by atoms with Gasteiger partial charge in [0.1, 0.15) is 11.4 Å². The number of anilines is 1. The number of nitro groups is 1. The van der Waals surface area contributed by atoms with E-state index < -0.39 is 14.9 Å². The highest BCUT2D eigenvalue weighted by Gasteiger charge is 2.40. The third kappa shape index (κ3) is 4.65. The zero-order valence-electron chi connectivity index (χ0n) is 17.2. The van der Waals surface area contributed by atoms with Crippen LogP contribution in [0.15, 0.2) is 47.4 Å². The molecule has 1 saturated heterocycles. The molecule has 166 valence electrons. The van der Waals surface area contributed by atoms with Gasteiger partial charge in [0.15, 0.2) is 0 Å². The summed E-state index contributed by atoms with van der Waals surface area (Å²) < 4.78 is 37.7. The highest BCUT2D eigenvalue weighted by Crippen LogP contribution is 2.45. The fraction of sp³-hybridized carbons (Fsp3) is 0.429. The topological polar surface area (TPSA) is 111 Å². The van der Waals surface area contributed by atoms with E-state index in [9.17, 15) is 18.5 Å². The maximum Gasteiger partial charge on any atom is 0.293 e. The van der Waals surface area contributed by atoms with Gasteiger partial charge < -0.3 is 14.8 Å². The van der Waals surface area contributed by atoms with Crippen LogP contribution in [0.2, 0.25) is 0 Å². The van der Waals surface area contributed by atoms with E-state index in [1.165, 1.54) is 16.4 Å². The van der Waals surface area contributed by atoms with Crippen molar-refractivity contribution in [3.8, 4) is 5.75 Å². The molecule has 2 aromatic carbocycles. The van der Waals surface area contributed by atoms with Crippen LogP contribution in [0, 0.1) is 10.1 Å². The van der Waals surface area contributed by atoms with E-state index in [1.807, 2.05) is 31.2 Å². The third-order valence-electron chi connectivity index (χ3n) is 5.50. The molecule has 4 rings (SSSR count). The van der Waals surface area contributed by atoms with Crippen LogP contribution in [-0.4, -0.2) is 56.6 Å². The predicted octanol–water partition coefficient (Wildman–Crippen LogP) is 2.98. The largest absolute Gasteiger partial charge is 0.494 e. The Balaban J connectivity index is 1.52. The number of nitrogens with zero attached hydrogens (tertiary/aromatic N) is 2. The van der Waals surface area contributed by atoms with Crippen LogP contribution in [0.4, 0.5) is 11.4 Å². The lowest BCUT2D eigenvalue weighted by molar-refractivity contribution is -0.384. The number of sulfonamides is 1. The average Bonchev–Trinajstić information content (AvgIpc) is 3.54. The molecule has 2 aromatic rings. The highest BCUT2D eigenvalue weighted by molar-refractivity contribution is 7.89. The Hall–Kier alpha value is -2.69. The summed E-state index contributed by atoms with van der Waals surface area (Å²) in [5, 5.41) is 14.9. The van der Waals surface area contributed by atoms with Crippen molar-refractivity contribution in [1.29, 1.82) is 0 Å². The molecule has 0 amide bonds. The number of hydrogen-bond acceptors (Lipinski definition) is 7. The summed E-state index contributed by atoms with van der Waals surface area (Å²) >= 11 is 0. The molecule has 0 bridgehead atoms. The predicted molar refractivity (Wildman–Crippen MR) is 115 cm³/mol. The quantitative estimate of drug-likeness (QED) is 0.489. The van der Waals surface area contributed by atoms with Crippen LogP contribution >= 0.6 is 0 Å². The molecule has 31 heavy (non-hydrogen) atoms. The first kappa shape index (κ1) is 21.5. The lowest BCUT2D eigenvalue weighted by Gasteiger charge is -2.26. The van der Waals surface area contributed by atoms with E-state index in [-0.39, 0.29) is 35.6 Å². The van der Waals surface area contributed by atoms with Crippen molar-refractivity contribution < 1.29 is 22.8 Å². The van der Waals surface area contributed by atoms with E-state index in [0.717, 1.165) is 23.8 Å². The normalized spacial score (nSPS) is 21.5. The van der Waals surface area contributed by atoms with Gasteiger partial charge in [-0.25, -0.2) is 8.42 Å². The second-order valence-electron chi connectivity index (χ2n) is 7.55. The standard InChI is InChI=1S/C21H25N3O6S/c1-2-30-16-5-3-4-15(12-16)18-14-20(18)22-19-7-6-17(13-21(19)24(25)26)31(27,28)23-8-10-29-11-9-23/h3-7,12-13,18,20,22H,2,8-11,14H2,1H3/t18-,20+/m0/s1. The zero-order valence-corrected chi connectivity index (χ0v) is 18.0. The molecule has 0 aromatic heterocycles. The molecule has 1 heterocycles. The van der Waals surface area contributed by atoms with Crippen LogP contribution < -0.4 is 10.1 Å². The van der Waals surface area contributed by atoms with Crippen molar-refractivity contribution >= 4 is 21.4 Å². The SMILES string of the molecule is CCOc1cccc([C@@H]2C[C@H]2Nc2ccc(S(=O)(=O)N3CCOCC3)cc2[N+](=O)[O-])c1. The van der Waals surface area contributed by atoms with Gasteiger partial charge in [0.25, 0.3) is 5.69 Å². The van der Waals surface area contributed by atoms with E-state index in [0.29, 0.717) is 25.5 Å². The fourth-order valence-corrected chi connectivity index (χ4v) is 5.23. The summed E-state index contributed by atoms with van der Waals surface area (Å²) in [5.41, 5.74) is 1.18. The number of morpholine rings is 1. The number of ether oxygens (including phenoxy) is 2. The highest BCUT2D eigenvalue weighted by atomic mass is 32.2. The summed E-state index contributed by atoms with van der Waals surface area (Å²) in [6.07, 6.45) is 0.834. The van der Waals surface area contributed by atoms with E-state index >= 15 is 0 Å². The lowest BCUT2D eigenvalue weighted by atomic mass is 10.1. The van der Waals surface area contributed by atoms with E-state index in [4.69, 9.17) is 9.47 Å². The van der Waals surface area contributed by atoms with Crippen molar-refractivity contribution in [3.05, 3.63) is 58.1 Å². The minimum atomic E-state index is -3.80. The lowest BCUT2D eigenvalue weighted by Crippen LogP contribution is -2.40. The second-order valence-corrected chi connectivity index (χ2v) is 9.49. The molecular weight excluding hydrogens is 422 g/mol. The van der Waals surface area contributed by atoms with Gasteiger partial charge in [-0.15, -0.1) is 0 Å². The Morgan fingerprint density at radius 3 is 2.71 bits per heavy atom. The van der Waals surface area contributed by atoms with Crippen molar-refractivity contribution in [2.45, 2.75) is 30.2 Å². The number of nitro benzene ring substituents is 1. The maximum atomic E-state index is 12.8. The summed E-state index contributed by atoms with van der Waals surface area (Å²) in [6.45, 7) is 3.61. The van der Waals surface area contributed by atoms with Crippen LogP contribution in [0.5, 0.6) is 5.75 Å². The molecule has 0 unspecified atom stereocenters. The Morgan fingerprint density at radius 1 is 1.23 bits per heavy atom. The molecule has 10 heteroatoms. The average molecular weight is 448 g/mol. The van der Waals surface area contributed by atoms with Gasteiger partial charge in [0.05, 0.1) is 29.6 Å². The molecular formula is C21H25N3O6S. The van der Waals surface area contributed by atoms with Crippen LogP contribution in [0.3, 0.4) is 0 Å². The molecule has 0 spiro atoms. The number of hydrogen-bond donors (Lipinski definition) is 1. The summed E-state index contributed by atoms with van der Waals surface area (Å²) in [7, 11) is -3.80. The molecule has 1 N–H and O–H groups in total. The van der Waals surface area contributed by atoms with Gasteiger partial charge in [0, 0.05) is 31.1 Å². The van der Waals surface area contributed by atoms with Gasteiger partial charge in [-0.2, -0.15) is 4.31 Å². The van der Waals surface area contributed by atoms with Gasteiger partial charge in [0.2, 0.25) is 10.0 Å². The van der Waals surface area contributed by atoms with Crippen molar-refractivity contribution in [3.63, 3.8) is 0 Å². The molecule has 1 aliphatic heterocycles. The van der Waals surface area contributed by atoms with Crippen molar-refractivity contribution in [1.82, 2.24) is 4.31 Å². The van der Waals surface area contributed by atoms with Gasteiger partial charge in [-0.3, -0.25) is 10.1 Å². The molecule has 2 aliphatic rings. The number of nitrogens with one attached hydrogen (secondary N) is 1. The third-order valence-corrected chi connectivity index (χ3v) is 7.40. The monoisotopic (exact) mass is 447 g/mol. The smallest absolute Gasteiger partial charge is 0.293 e. The van der Waals surface area contributed by atoms with Crippen LogP contribution in [0.25, 0.3) is 0 Å². The van der Waals surface area contributed by atoms with Gasteiger partial charge in [-0.1, -0.05) is 12.1 Å². The Bertz CT molecular complexity index is 1070. The maximum absolute atomic E-state index is 12.8. The fourth-order valence-electron chi connectivity index (χ4n) is 3.81. The summed E-state index contributed by atoms with van der Waals surface area (Å²) in [5.74, 6) is 1.02. The Labute approximate surface area is 181 Å². The molecule has 2 fully saturated rings. The molecule has 2 atom stereocenters. The minimum absolute atomic E-state index is 0.0391. The Morgan fingerprint density at radius 2 is 2.00 bits per heavy atom. The first-order valence-corrected chi connectivity index (χ1v) is 11.7. The molecule has 9 nitrogen and oxygen atoms in total. The number of rotatable bonds is 8. The number of benzene rings is 2. The molecule has 1 saturated carbocycles. The van der Waals surface area contributed by atoms with Crippen LogP contribution in [0.1, 0.15) is 24.8 Å².